The number of hydrogen-bond donors (Lipinski definition) is 0. The maximum atomic E-state index is 12.2. The quantitative estimate of drug-likeness (QED) is 0.514. The number of halogens is 1. The third-order valence-corrected chi connectivity index (χ3v) is 3.61. The summed E-state index contributed by atoms with van der Waals surface area (Å²) in [6, 6.07) is 0. The standard InChI is InChI=1S/C12H19FN2/c1-10(13)14-6-3-7-15-8-11-4-2-5-12(11)9-15/h6,11-12H,1-5,7-9H2. The fourth-order valence-corrected chi connectivity index (χ4v) is 2.92. The van der Waals surface area contributed by atoms with Crippen LogP contribution in [0, 0.1) is 11.8 Å². The second-order valence-corrected chi connectivity index (χ2v) is 4.69. The van der Waals surface area contributed by atoms with Crippen LogP contribution in [-0.4, -0.2) is 30.7 Å². The summed E-state index contributed by atoms with van der Waals surface area (Å²) in [6.45, 7) is 6.60. The molecule has 84 valence electrons. The summed E-state index contributed by atoms with van der Waals surface area (Å²) in [5.41, 5.74) is 0. The van der Waals surface area contributed by atoms with E-state index in [9.17, 15) is 4.39 Å². The van der Waals surface area contributed by atoms with Crippen molar-refractivity contribution in [2.75, 3.05) is 19.6 Å². The smallest absolute Gasteiger partial charge is 0.205 e. The molecule has 0 N–H and O–H groups in total. The first-order valence-electron chi connectivity index (χ1n) is 5.85. The molecule has 2 unspecified atom stereocenters. The van der Waals surface area contributed by atoms with Gasteiger partial charge in [-0.1, -0.05) is 6.42 Å². The van der Waals surface area contributed by atoms with Crippen LogP contribution in [0.15, 0.2) is 17.5 Å². The molecule has 1 aliphatic heterocycles. The average Bonchev–Trinajstić information content (AvgIpc) is 2.71. The van der Waals surface area contributed by atoms with Crippen LogP contribution in [0.25, 0.3) is 0 Å². The molecule has 1 aliphatic carbocycles. The van der Waals surface area contributed by atoms with Crippen molar-refractivity contribution in [3.63, 3.8) is 0 Å². The van der Waals surface area contributed by atoms with E-state index >= 15 is 0 Å². The molecule has 1 saturated carbocycles. The Kier molecular flexibility index (Phi) is 3.52. The average molecular weight is 210 g/mol. The Balaban J connectivity index is 1.67. The molecule has 2 fully saturated rings. The van der Waals surface area contributed by atoms with Gasteiger partial charge >= 0.3 is 0 Å². The topological polar surface area (TPSA) is 15.6 Å². The van der Waals surface area contributed by atoms with Crippen LogP contribution in [0.4, 0.5) is 4.39 Å². The van der Waals surface area contributed by atoms with E-state index in [-0.39, 0.29) is 0 Å². The van der Waals surface area contributed by atoms with Crippen LogP contribution >= 0.6 is 0 Å². The fourth-order valence-electron chi connectivity index (χ4n) is 2.92. The van der Waals surface area contributed by atoms with Crippen molar-refractivity contribution in [2.24, 2.45) is 16.8 Å². The summed E-state index contributed by atoms with van der Waals surface area (Å²) in [4.78, 5) is 6.03. The zero-order valence-electron chi connectivity index (χ0n) is 9.16. The molecule has 1 heterocycles. The van der Waals surface area contributed by atoms with Gasteiger partial charge in [0.1, 0.15) is 0 Å². The lowest BCUT2D eigenvalue weighted by Crippen LogP contribution is -2.23. The van der Waals surface area contributed by atoms with E-state index in [2.05, 4.69) is 16.5 Å². The van der Waals surface area contributed by atoms with Crippen molar-refractivity contribution in [1.82, 2.24) is 4.90 Å². The molecule has 2 nitrogen and oxygen atoms in total. The first-order valence-corrected chi connectivity index (χ1v) is 5.85. The Labute approximate surface area is 90.9 Å². The Bertz CT molecular complexity index is 250. The molecule has 2 rings (SSSR count). The lowest BCUT2D eigenvalue weighted by atomic mass is 10.0. The Morgan fingerprint density at radius 3 is 2.67 bits per heavy atom. The number of hydrogen-bond acceptors (Lipinski definition) is 2. The van der Waals surface area contributed by atoms with Gasteiger partial charge in [0.15, 0.2) is 0 Å². The third-order valence-electron chi connectivity index (χ3n) is 3.61. The Hall–Kier alpha value is -0.700. The Morgan fingerprint density at radius 2 is 2.07 bits per heavy atom. The minimum Gasteiger partial charge on any atom is -0.302 e. The molecule has 0 aromatic rings. The SMILES string of the molecule is C=C(F)N=CCCN1CC2CCCC2C1. The van der Waals surface area contributed by atoms with Gasteiger partial charge in [-0.3, -0.25) is 0 Å². The van der Waals surface area contributed by atoms with E-state index in [1.54, 1.807) is 6.21 Å². The van der Waals surface area contributed by atoms with E-state index in [0.29, 0.717) is 0 Å². The third kappa shape index (κ3) is 2.88. The number of fused-ring (bicyclic) bond motifs is 1. The molecule has 0 aromatic carbocycles. The lowest BCUT2D eigenvalue weighted by molar-refractivity contribution is 0.321. The van der Waals surface area contributed by atoms with Crippen molar-refractivity contribution in [1.29, 1.82) is 0 Å². The van der Waals surface area contributed by atoms with Crippen LogP contribution in [0.2, 0.25) is 0 Å². The largest absolute Gasteiger partial charge is 0.302 e. The van der Waals surface area contributed by atoms with Gasteiger partial charge in [0.05, 0.1) is 0 Å². The van der Waals surface area contributed by atoms with Crippen molar-refractivity contribution in [3.05, 3.63) is 12.5 Å². The van der Waals surface area contributed by atoms with Crippen LogP contribution in [0.1, 0.15) is 25.7 Å². The lowest BCUT2D eigenvalue weighted by Gasteiger charge is -2.14. The molecule has 2 atom stereocenters. The highest BCUT2D eigenvalue weighted by molar-refractivity contribution is 5.58. The molecule has 2 aliphatic rings. The van der Waals surface area contributed by atoms with Crippen molar-refractivity contribution in [2.45, 2.75) is 25.7 Å². The maximum Gasteiger partial charge on any atom is 0.205 e. The number of nitrogens with zero attached hydrogens (tertiary/aromatic N) is 2. The molecular formula is C12H19FN2. The first kappa shape index (κ1) is 10.8. The summed E-state index contributed by atoms with van der Waals surface area (Å²) in [5.74, 6) is 1.30. The normalized spacial score (nSPS) is 31.3. The predicted molar refractivity (Wildman–Crippen MR) is 60.6 cm³/mol. The molecule has 1 saturated heterocycles. The van der Waals surface area contributed by atoms with Gasteiger partial charge in [-0.25, -0.2) is 4.99 Å². The molecule has 0 amide bonds. The molecule has 0 bridgehead atoms. The van der Waals surface area contributed by atoms with Gasteiger partial charge in [-0.15, -0.1) is 0 Å². The molecule has 0 radical (unpaired) electrons. The minimum absolute atomic E-state index is 0.590. The molecule has 0 spiro atoms. The van der Waals surface area contributed by atoms with E-state index < -0.39 is 5.95 Å². The number of aliphatic imine (C=N–C) groups is 1. The number of likely N-dealkylation sites (tertiary alicyclic amines) is 1. The fraction of sp³-hybridized carbons (Fsp3) is 0.750. The minimum atomic E-state index is -0.590. The summed E-state index contributed by atoms with van der Waals surface area (Å²) in [6.07, 6.45) is 6.72. The van der Waals surface area contributed by atoms with Gasteiger partial charge in [0, 0.05) is 25.8 Å². The maximum absolute atomic E-state index is 12.2. The molecule has 15 heavy (non-hydrogen) atoms. The van der Waals surface area contributed by atoms with E-state index in [1.807, 2.05) is 0 Å². The summed E-state index contributed by atoms with van der Waals surface area (Å²) in [5, 5.41) is 0. The number of rotatable bonds is 4. The van der Waals surface area contributed by atoms with Crippen LogP contribution < -0.4 is 0 Å². The van der Waals surface area contributed by atoms with Crippen molar-refractivity contribution in [3.8, 4) is 0 Å². The zero-order chi connectivity index (χ0) is 10.7. The van der Waals surface area contributed by atoms with Gasteiger partial charge < -0.3 is 4.90 Å². The highest BCUT2D eigenvalue weighted by atomic mass is 19.1. The van der Waals surface area contributed by atoms with Crippen LogP contribution in [0.5, 0.6) is 0 Å². The molecular weight excluding hydrogens is 191 g/mol. The van der Waals surface area contributed by atoms with Gasteiger partial charge in [0.2, 0.25) is 5.95 Å². The highest BCUT2D eigenvalue weighted by Crippen LogP contribution is 2.37. The monoisotopic (exact) mass is 210 g/mol. The van der Waals surface area contributed by atoms with Crippen LogP contribution in [0.3, 0.4) is 0 Å². The first-order chi connectivity index (χ1) is 7.25. The van der Waals surface area contributed by atoms with Crippen molar-refractivity contribution >= 4 is 6.21 Å². The van der Waals surface area contributed by atoms with Crippen molar-refractivity contribution < 1.29 is 4.39 Å². The summed E-state index contributed by atoms with van der Waals surface area (Å²) < 4.78 is 12.2. The molecule has 0 aromatic heterocycles. The van der Waals surface area contributed by atoms with E-state index in [4.69, 9.17) is 0 Å². The second kappa shape index (κ2) is 4.88. The van der Waals surface area contributed by atoms with E-state index in [0.717, 1.165) is 24.8 Å². The van der Waals surface area contributed by atoms with E-state index in [1.165, 1.54) is 32.4 Å². The highest BCUT2D eigenvalue weighted by Gasteiger charge is 2.35. The second-order valence-electron chi connectivity index (χ2n) is 4.69. The predicted octanol–water partition coefficient (Wildman–Crippen LogP) is 2.62. The summed E-state index contributed by atoms with van der Waals surface area (Å²) >= 11 is 0. The van der Waals surface area contributed by atoms with Gasteiger partial charge in [0.25, 0.3) is 0 Å². The zero-order valence-corrected chi connectivity index (χ0v) is 9.16. The summed E-state index contributed by atoms with van der Waals surface area (Å²) in [7, 11) is 0. The molecule has 3 heteroatoms. The Morgan fingerprint density at radius 1 is 1.40 bits per heavy atom. The van der Waals surface area contributed by atoms with Gasteiger partial charge in [-0.05, 0) is 37.7 Å². The van der Waals surface area contributed by atoms with Crippen LogP contribution in [-0.2, 0) is 0 Å². The van der Waals surface area contributed by atoms with Gasteiger partial charge in [-0.2, -0.15) is 4.39 Å².